The third-order valence-electron chi connectivity index (χ3n) is 1.41. The summed E-state index contributed by atoms with van der Waals surface area (Å²) in [6.07, 6.45) is 2.66. The SMILES string of the molecule is C=CC(=O)NCc1ncnn1C. The standard InChI is InChI=1S/C7H10N4O/c1-3-7(12)8-4-6-9-5-10-11(6)2/h3,5H,1,4H2,2H3,(H,8,12). The van der Waals surface area contributed by atoms with Crippen molar-refractivity contribution in [2.75, 3.05) is 0 Å². The molecule has 0 unspecified atom stereocenters. The van der Waals surface area contributed by atoms with Crippen molar-refractivity contribution in [1.29, 1.82) is 0 Å². The third-order valence-corrected chi connectivity index (χ3v) is 1.41. The van der Waals surface area contributed by atoms with E-state index in [1.807, 2.05) is 0 Å². The number of hydrogen-bond acceptors (Lipinski definition) is 3. The zero-order valence-corrected chi connectivity index (χ0v) is 6.82. The van der Waals surface area contributed by atoms with Gasteiger partial charge in [-0.05, 0) is 6.08 Å². The van der Waals surface area contributed by atoms with Crippen LogP contribution in [0.2, 0.25) is 0 Å². The number of amides is 1. The van der Waals surface area contributed by atoms with E-state index in [-0.39, 0.29) is 5.91 Å². The number of carbonyl (C=O) groups excluding carboxylic acids is 1. The van der Waals surface area contributed by atoms with Gasteiger partial charge in [-0.1, -0.05) is 6.58 Å². The van der Waals surface area contributed by atoms with Crippen LogP contribution in [-0.2, 0) is 18.4 Å². The zero-order valence-electron chi connectivity index (χ0n) is 6.82. The van der Waals surface area contributed by atoms with Gasteiger partial charge >= 0.3 is 0 Å². The van der Waals surface area contributed by atoms with Crippen molar-refractivity contribution >= 4 is 5.91 Å². The normalized spacial score (nSPS) is 9.42. The van der Waals surface area contributed by atoms with Crippen LogP contribution in [0.15, 0.2) is 19.0 Å². The van der Waals surface area contributed by atoms with Gasteiger partial charge in [0.25, 0.3) is 0 Å². The first-order chi connectivity index (χ1) is 5.74. The fourth-order valence-electron chi connectivity index (χ4n) is 0.719. The van der Waals surface area contributed by atoms with Gasteiger partial charge in [0.15, 0.2) is 0 Å². The Morgan fingerprint density at radius 1 is 1.92 bits per heavy atom. The summed E-state index contributed by atoms with van der Waals surface area (Å²) < 4.78 is 1.60. The van der Waals surface area contributed by atoms with Crippen molar-refractivity contribution in [3.8, 4) is 0 Å². The molecule has 0 saturated carbocycles. The fourth-order valence-corrected chi connectivity index (χ4v) is 0.719. The van der Waals surface area contributed by atoms with Crippen molar-refractivity contribution in [2.24, 2.45) is 7.05 Å². The number of aryl methyl sites for hydroxylation is 1. The van der Waals surface area contributed by atoms with Crippen LogP contribution in [0.5, 0.6) is 0 Å². The minimum absolute atomic E-state index is 0.210. The smallest absolute Gasteiger partial charge is 0.243 e. The van der Waals surface area contributed by atoms with Crippen LogP contribution in [0.3, 0.4) is 0 Å². The molecule has 0 fully saturated rings. The summed E-state index contributed by atoms with van der Waals surface area (Å²) in [5.41, 5.74) is 0. The second kappa shape index (κ2) is 3.66. The van der Waals surface area contributed by atoms with Gasteiger partial charge in [-0.15, -0.1) is 0 Å². The molecule has 0 aliphatic carbocycles. The second-order valence-electron chi connectivity index (χ2n) is 2.22. The van der Waals surface area contributed by atoms with Gasteiger partial charge in [0.2, 0.25) is 5.91 Å². The Morgan fingerprint density at radius 3 is 3.17 bits per heavy atom. The highest BCUT2D eigenvalue weighted by Crippen LogP contribution is 1.88. The van der Waals surface area contributed by atoms with E-state index in [0.29, 0.717) is 12.4 Å². The molecule has 0 radical (unpaired) electrons. The lowest BCUT2D eigenvalue weighted by atomic mass is 10.5. The minimum atomic E-state index is -0.210. The van der Waals surface area contributed by atoms with Crippen molar-refractivity contribution < 1.29 is 4.79 Å². The first-order valence-corrected chi connectivity index (χ1v) is 3.47. The van der Waals surface area contributed by atoms with Gasteiger partial charge in [0.05, 0.1) is 6.54 Å². The van der Waals surface area contributed by atoms with Crippen LogP contribution in [0.4, 0.5) is 0 Å². The summed E-state index contributed by atoms with van der Waals surface area (Å²) in [6, 6.07) is 0. The predicted octanol–water partition coefficient (Wildman–Crippen LogP) is -0.383. The number of carbonyl (C=O) groups is 1. The van der Waals surface area contributed by atoms with Gasteiger partial charge in [0, 0.05) is 7.05 Å². The fraction of sp³-hybridized carbons (Fsp3) is 0.286. The predicted molar refractivity (Wildman–Crippen MR) is 43.0 cm³/mol. The van der Waals surface area contributed by atoms with Crippen LogP contribution in [0.1, 0.15) is 5.82 Å². The molecule has 0 aliphatic rings. The van der Waals surface area contributed by atoms with Crippen molar-refractivity contribution in [3.05, 3.63) is 24.8 Å². The Kier molecular flexibility index (Phi) is 2.57. The van der Waals surface area contributed by atoms with Gasteiger partial charge in [0.1, 0.15) is 12.2 Å². The van der Waals surface area contributed by atoms with Gasteiger partial charge in [-0.3, -0.25) is 9.48 Å². The number of aromatic nitrogens is 3. The maximum atomic E-state index is 10.7. The highest BCUT2D eigenvalue weighted by molar-refractivity contribution is 5.86. The molecule has 0 bridgehead atoms. The summed E-state index contributed by atoms with van der Waals surface area (Å²) in [5.74, 6) is 0.503. The molecule has 5 nitrogen and oxygen atoms in total. The lowest BCUT2D eigenvalue weighted by Gasteiger charge is -1.99. The monoisotopic (exact) mass is 166 g/mol. The van der Waals surface area contributed by atoms with E-state index < -0.39 is 0 Å². The van der Waals surface area contributed by atoms with Crippen molar-refractivity contribution in [1.82, 2.24) is 20.1 Å². The lowest BCUT2D eigenvalue weighted by molar-refractivity contribution is -0.116. The van der Waals surface area contributed by atoms with Crippen LogP contribution in [0.25, 0.3) is 0 Å². The molecular formula is C7H10N4O. The molecule has 12 heavy (non-hydrogen) atoms. The maximum absolute atomic E-state index is 10.7. The van der Waals surface area contributed by atoms with Crippen LogP contribution in [-0.4, -0.2) is 20.7 Å². The lowest BCUT2D eigenvalue weighted by Crippen LogP contribution is -2.22. The number of hydrogen-bond donors (Lipinski definition) is 1. The molecule has 64 valence electrons. The molecule has 1 heterocycles. The van der Waals surface area contributed by atoms with Crippen LogP contribution in [0, 0.1) is 0 Å². The van der Waals surface area contributed by atoms with Crippen molar-refractivity contribution in [3.63, 3.8) is 0 Å². The Morgan fingerprint density at radius 2 is 2.67 bits per heavy atom. The van der Waals surface area contributed by atoms with E-state index in [1.54, 1.807) is 11.7 Å². The van der Waals surface area contributed by atoms with E-state index in [2.05, 4.69) is 22.0 Å². The first-order valence-electron chi connectivity index (χ1n) is 3.47. The summed E-state index contributed by atoms with van der Waals surface area (Å²) >= 11 is 0. The molecule has 1 aromatic rings. The maximum Gasteiger partial charge on any atom is 0.243 e. The highest BCUT2D eigenvalue weighted by atomic mass is 16.1. The molecule has 0 aromatic carbocycles. The summed E-state index contributed by atoms with van der Waals surface area (Å²) in [5, 5.41) is 6.44. The van der Waals surface area contributed by atoms with Gasteiger partial charge < -0.3 is 5.32 Å². The molecule has 1 amide bonds. The first kappa shape index (κ1) is 8.45. The van der Waals surface area contributed by atoms with Gasteiger partial charge in [-0.25, -0.2) is 4.98 Å². The molecular weight excluding hydrogens is 156 g/mol. The average molecular weight is 166 g/mol. The highest BCUT2D eigenvalue weighted by Gasteiger charge is 2.00. The Bertz CT molecular complexity index is 291. The second-order valence-corrected chi connectivity index (χ2v) is 2.22. The van der Waals surface area contributed by atoms with Crippen molar-refractivity contribution in [2.45, 2.75) is 6.54 Å². The van der Waals surface area contributed by atoms with Gasteiger partial charge in [-0.2, -0.15) is 5.10 Å². The molecule has 1 N–H and O–H groups in total. The Labute approximate surface area is 70.1 Å². The molecule has 0 saturated heterocycles. The van der Waals surface area contributed by atoms with E-state index in [4.69, 9.17) is 0 Å². The molecule has 0 atom stereocenters. The third kappa shape index (κ3) is 1.91. The quantitative estimate of drug-likeness (QED) is 0.622. The Hall–Kier alpha value is -1.65. The van der Waals surface area contributed by atoms with E-state index in [9.17, 15) is 4.79 Å². The van der Waals surface area contributed by atoms with E-state index in [1.165, 1.54) is 12.4 Å². The van der Waals surface area contributed by atoms with E-state index >= 15 is 0 Å². The summed E-state index contributed by atoms with van der Waals surface area (Å²) in [7, 11) is 1.77. The molecule has 0 spiro atoms. The molecule has 0 aliphatic heterocycles. The number of nitrogens with zero attached hydrogens (tertiary/aromatic N) is 3. The molecule has 1 aromatic heterocycles. The topological polar surface area (TPSA) is 59.8 Å². The average Bonchev–Trinajstić information content (AvgIpc) is 2.47. The Balaban J connectivity index is 2.48. The minimum Gasteiger partial charge on any atom is -0.345 e. The zero-order chi connectivity index (χ0) is 8.97. The molecule has 1 rings (SSSR count). The number of nitrogens with one attached hydrogen (secondary N) is 1. The summed E-state index contributed by atoms with van der Waals surface area (Å²) in [4.78, 5) is 14.7. The number of rotatable bonds is 3. The summed E-state index contributed by atoms with van der Waals surface area (Å²) in [6.45, 7) is 3.70. The van der Waals surface area contributed by atoms with E-state index in [0.717, 1.165) is 0 Å². The van der Waals surface area contributed by atoms with Crippen LogP contribution < -0.4 is 5.32 Å². The molecule has 5 heteroatoms. The largest absolute Gasteiger partial charge is 0.345 e. The van der Waals surface area contributed by atoms with Crippen LogP contribution >= 0.6 is 0 Å².